The third-order valence-electron chi connectivity index (χ3n) is 4.84. The van der Waals surface area contributed by atoms with Crippen LogP contribution in [0.2, 0.25) is 0 Å². The Kier molecular flexibility index (Phi) is 6.39. The van der Waals surface area contributed by atoms with Gasteiger partial charge in [-0.05, 0) is 42.2 Å². The molecule has 0 aromatic heterocycles. The van der Waals surface area contributed by atoms with Gasteiger partial charge in [0.1, 0.15) is 11.6 Å². The number of urea groups is 1. The third kappa shape index (κ3) is 5.55. The van der Waals surface area contributed by atoms with E-state index in [0.717, 1.165) is 12.5 Å². The minimum atomic E-state index is -0.657. The first-order chi connectivity index (χ1) is 14.1. The standard InChI is InChI=1S/C23H27F2N3O2/c1-23(2,3)14-21(29)26-18-7-9-19(10-8-18)28-12-4-11-27(22(28)30)15-16-5-6-17(24)13-20(16)25/h5-10,13H,4,11-12,14-15H2,1-3H3,(H,26,29). The van der Waals surface area contributed by atoms with E-state index in [1.165, 1.54) is 12.1 Å². The second kappa shape index (κ2) is 8.81. The average Bonchev–Trinajstić information content (AvgIpc) is 2.65. The number of anilines is 2. The summed E-state index contributed by atoms with van der Waals surface area (Å²) in [6.45, 7) is 7.15. The summed E-state index contributed by atoms with van der Waals surface area (Å²) in [5.41, 5.74) is 1.56. The van der Waals surface area contributed by atoms with Crippen molar-refractivity contribution in [3.05, 3.63) is 59.7 Å². The van der Waals surface area contributed by atoms with E-state index < -0.39 is 11.6 Å². The van der Waals surface area contributed by atoms with Gasteiger partial charge < -0.3 is 10.2 Å². The van der Waals surface area contributed by atoms with Gasteiger partial charge in [-0.15, -0.1) is 0 Å². The number of halogens is 2. The number of hydrogen-bond acceptors (Lipinski definition) is 2. The maximum atomic E-state index is 14.0. The number of rotatable bonds is 5. The van der Waals surface area contributed by atoms with Crippen LogP contribution < -0.4 is 10.2 Å². The van der Waals surface area contributed by atoms with Crippen LogP contribution in [0.25, 0.3) is 0 Å². The first-order valence-corrected chi connectivity index (χ1v) is 10.0. The van der Waals surface area contributed by atoms with Crippen molar-refractivity contribution in [1.29, 1.82) is 0 Å². The Bertz CT molecular complexity index is 923. The van der Waals surface area contributed by atoms with Crippen molar-refractivity contribution >= 4 is 23.3 Å². The molecule has 0 atom stereocenters. The van der Waals surface area contributed by atoms with Crippen molar-refractivity contribution in [1.82, 2.24) is 4.90 Å². The Labute approximate surface area is 175 Å². The zero-order valence-electron chi connectivity index (χ0n) is 17.5. The molecule has 0 aliphatic carbocycles. The summed E-state index contributed by atoms with van der Waals surface area (Å²) in [7, 11) is 0. The predicted octanol–water partition coefficient (Wildman–Crippen LogP) is 5.17. The molecule has 160 valence electrons. The SMILES string of the molecule is CC(C)(C)CC(=O)Nc1ccc(N2CCCN(Cc3ccc(F)cc3F)C2=O)cc1. The Morgan fingerprint density at radius 2 is 1.77 bits per heavy atom. The first-order valence-electron chi connectivity index (χ1n) is 10.0. The fraction of sp³-hybridized carbons (Fsp3) is 0.391. The van der Waals surface area contributed by atoms with Crippen molar-refractivity contribution in [2.45, 2.75) is 40.2 Å². The van der Waals surface area contributed by atoms with Crippen LogP contribution in [-0.4, -0.2) is 29.9 Å². The molecule has 0 saturated carbocycles. The molecule has 2 aromatic carbocycles. The summed E-state index contributed by atoms with van der Waals surface area (Å²) < 4.78 is 27.1. The molecular weight excluding hydrogens is 388 g/mol. The van der Waals surface area contributed by atoms with E-state index in [2.05, 4.69) is 5.32 Å². The smallest absolute Gasteiger partial charge is 0.324 e. The van der Waals surface area contributed by atoms with Gasteiger partial charge in [-0.1, -0.05) is 26.8 Å². The summed E-state index contributed by atoms with van der Waals surface area (Å²) >= 11 is 0. The largest absolute Gasteiger partial charge is 0.326 e. The number of carbonyl (C=O) groups is 2. The van der Waals surface area contributed by atoms with Gasteiger partial charge >= 0.3 is 6.03 Å². The van der Waals surface area contributed by atoms with E-state index in [-0.39, 0.29) is 29.5 Å². The van der Waals surface area contributed by atoms with Crippen LogP contribution in [0, 0.1) is 17.0 Å². The second-order valence-electron chi connectivity index (χ2n) is 8.78. The summed E-state index contributed by atoms with van der Waals surface area (Å²) in [5.74, 6) is -1.36. The van der Waals surface area contributed by atoms with Gasteiger partial charge in [-0.3, -0.25) is 9.69 Å². The molecule has 30 heavy (non-hydrogen) atoms. The molecular formula is C23H27F2N3O2. The molecule has 0 radical (unpaired) electrons. The Hall–Kier alpha value is -2.96. The van der Waals surface area contributed by atoms with Gasteiger partial charge in [-0.25, -0.2) is 13.6 Å². The third-order valence-corrected chi connectivity index (χ3v) is 4.84. The molecule has 0 unspecified atom stereocenters. The fourth-order valence-corrected chi connectivity index (χ4v) is 3.44. The van der Waals surface area contributed by atoms with E-state index >= 15 is 0 Å². The molecule has 1 fully saturated rings. The molecule has 1 saturated heterocycles. The first kappa shape index (κ1) is 21.7. The topological polar surface area (TPSA) is 52.7 Å². The Morgan fingerprint density at radius 3 is 2.40 bits per heavy atom. The maximum Gasteiger partial charge on any atom is 0.324 e. The van der Waals surface area contributed by atoms with Crippen LogP contribution in [0.4, 0.5) is 25.0 Å². The molecule has 1 aliphatic heterocycles. The number of benzene rings is 2. The number of nitrogens with zero attached hydrogens (tertiary/aromatic N) is 2. The summed E-state index contributed by atoms with van der Waals surface area (Å²) in [4.78, 5) is 28.2. The van der Waals surface area contributed by atoms with E-state index in [1.54, 1.807) is 34.1 Å². The van der Waals surface area contributed by atoms with E-state index in [4.69, 9.17) is 0 Å². The number of amides is 3. The van der Waals surface area contributed by atoms with Crippen LogP contribution in [0.5, 0.6) is 0 Å². The summed E-state index contributed by atoms with van der Waals surface area (Å²) in [5, 5.41) is 2.87. The quantitative estimate of drug-likeness (QED) is 0.732. The highest BCUT2D eigenvalue weighted by Crippen LogP contribution is 2.25. The van der Waals surface area contributed by atoms with Crippen LogP contribution in [-0.2, 0) is 11.3 Å². The molecule has 0 bridgehead atoms. The van der Waals surface area contributed by atoms with E-state index in [9.17, 15) is 18.4 Å². The molecule has 1 aliphatic rings. The second-order valence-corrected chi connectivity index (χ2v) is 8.78. The molecule has 0 spiro atoms. The van der Waals surface area contributed by atoms with Gasteiger partial charge in [0.05, 0.1) is 6.54 Å². The van der Waals surface area contributed by atoms with Crippen molar-refractivity contribution in [3.63, 3.8) is 0 Å². The van der Waals surface area contributed by atoms with Crippen molar-refractivity contribution in [3.8, 4) is 0 Å². The highest BCUT2D eigenvalue weighted by Gasteiger charge is 2.27. The highest BCUT2D eigenvalue weighted by molar-refractivity contribution is 5.94. The zero-order chi connectivity index (χ0) is 21.9. The van der Waals surface area contributed by atoms with Crippen LogP contribution in [0.1, 0.15) is 39.2 Å². The lowest BCUT2D eigenvalue weighted by atomic mass is 9.92. The molecule has 1 heterocycles. The average molecular weight is 415 g/mol. The molecule has 5 nitrogen and oxygen atoms in total. The maximum absolute atomic E-state index is 14.0. The van der Waals surface area contributed by atoms with Gasteiger partial charge in [0.15, 0.2) is 0 Å². The Morgan fingerprint density at radius 1 is 1.07 bits per heavy atom. The minimum Gasteiger partial charge on any atom is -0.326 e. The number of hydrogen-bond donors (Lipinski definition) is 1. The van der Waals surface area contributed by atoms with Crippen molar-refractivity contribution in [2.24, 2.45) is 5.41 Å². The van der Waals surface area contributed by atoms with Crippen LogP contribution in [0.15, 0.2) is 42.5 Å². The monoisotopic (exact) mass is 415 g/mol. The summed E-state index contributed by atoms with van der Waals surface area (Å²) in [6.07, 6.45) is 1.15. The number of nitrogens with one attached hydrogen (secondary N) is 1. The van der Waals surface area contributed by atoms with E-state index in [0.29, 0.717) is 30.9 Å². The zero-order valence-corrected chi connectivity index (χ0v) is 17.5. The Balaban J connectivity index is 1.66. The lowest BCUT2D eigenvalue weighted by molar-refractivity contribution is -0.117. The van der Waals surface area contributed by atoms with Gasteiger partial charge in [-0.2, -0.15) is 0 Å². The van der Waals surface area contributed by atoms with Crippen LogP contribution >= 0.6 is 0 Å². The molecule has 7 heteroatoms. The van der Waals surface area contributed by atoms with Crippen molar-refractivity contribution < 1.29 is 18.4 Å². The minimum absolute atomic E-state index is 0.0585. The highest BCUT2D eigenvalue weighted by atomic mass is 19.1. The van der Waals surface area contributed by atoms with Gasteiger partial charge in [0.2, 0.25) is 5.91 Å². The molecule has 3 amide bonds. The van der Waals surface area contributed by atoms with Gasteiger partial charge in [0, 0.05) is 42.5 Å². The molecule has 2 aromatic rings. The lowest BCUT2D eigenvalue weighted by Gasteiger charge is -2.35. The lowest BCUT2D eigenvalue weighted by Crippen LogP contribution is -2.49. The van der Waals surface area contributed by atoms with Crippen LogP contribution in [0.3, 0.4) is 0 Å². The molecule has 3 rings (SSSR count). The van der Waals surface area contributed by atoms with E-state index in [1.807, 2.05) is 20.8 Å². The fourth-order valence-electron chi connectivity index (χ4n) is 3.44. The van der Waals surface area contributed by atoms with Crippen molar-refractivity contribution in [2.75, 3.05) is 23.3 Å². The predicted molar refractivity (Wildman–Crippen MR) is 113 cm³/mol. The normalized spacial score (nSPS) is 14.8. The number of carbonyl (C=O) groups excluding carboxylic acids is 2. The van der Waals surface area contributed by atoms with Gasteiger partial charge in [0.25, 0.3) is 0 Å². The summed E-state index contributed by atoms with van der Waals surface area (Å²) in [6, 6.07) is 10.3. The molecule has 1 N–H and O–H groups in total.